The van der Waals surface area contributed by atoms with Gasteiger partial charge < -0.3 is 15.7 Å². The number of likely N-dealkylation sites (tertiary alicyclic amines) is 1. The lowest BCUT2D eigenvalue weighted by Gasteiger charge is -2.26. The van der Waals surface area contributed by atoms with E-state index < -0.39 is 18.1 Å². The maximum Gasteiger partial charge on any atom is 0.326 e. The van der Waals surface area contributed by atoms with E-state index in [0.717, 1.165) is 0 Å². The van der Waals surface area contributed by atoms with Crippen molar-refractivity contribution in [2.75, 3.05) is 6.54 Å². The van der Waals surface area contributed by atoms with Crippen LogP contribution in [0.2, 0.25) is 0 Å². The third kappa shape index (κ3) is 2.61. The molecule has 3 atom stereocenters. The second kappa shape index (κ2) is 5.40. The van der Waals surface area contributed by atoms with Crippen molar-refractivity contribution in [3.05, 3.63) is 35.9 Å². The Morgan fingerprint density at radius 3 is 2.58 bits per heavy atom. The first-order valence-electron chi connectivity index (χ1n) is 6.36. The van der Waals surface area contributed by atoms with Gasteiger partial charge >= 0.3 is 5.97 Å². The van der Waals surface area contributed by atoms with Crippen LogP contribution in [-0.4, -0.2) is 34.5 Å². The third-order valence-corrected chi connectivity index (χ3v) is 3.66. The van der Waals surface area contributed by atoms with Crippen molar-refractivity contribution in [1.29, 1.82) is 0 Å². The molecule has 1 amide bonds. The molecule has 5 heteroatoms. The molecular formula is C14H18N2O3. The van der Waals surface area contributed by atoms with Crippen molar-refractivity contribution in [2.24, 2.45) is 11.7 Å². The lowest BCUT2D eigenvalue weighted by Crippen LogP contribution is -2.46. The van der Waals surface area contributed by atoms with Crippen molar-refractivity contribution < 1.29 is 14.7 Å². The first kappa shape index (κ1) is 13.5. The largest absolute Gasteiger partial charge is 0.480 e. The van der Waals surface area contributed by atoms with E-state index in [-0.39, 0.29) is 11.8 Å². The minimum absolute atomic E-state index is 0.0376. The van der Waals surface area contributed by atoms with Crippen LogP contribution in [0.5, 0.6) is 0 Å². The van der Waals surface area contributed by atoms with Crippen LogP contribution in [0.25, 0.3) is 0 Å². The number of amides is 1. The number of carbonyl (C=O) groups is 2. The summed E-state index contributed by atoms with van der Waals surface area (Å²) in [4.78, 5) is 25.0. The number of hydrogen-bond donors (Lipinski definition) is 2. The Morgan fingerprint density at radius 2 is 2.00 bits per heavy atom. The molecular weight excluding hydrogens is 244 g/mol. The Bertz CT molecular complexity index is 475. The number of rotatable bonds is 3. The number of nitrogens with two attached hydrogens (primary N) is 1. The number of nitrogens with zero attached hydrogens (tertiary/aromatic N) is 1. The van der Waals surface area contributed by atoms with E-state index in [0.29, 0.717) is 18.5 Å². The van der Waals surface area contributed by atoms with Gasteiger partial charge in [0, 0.05) is 6.54 Å². The van der Waals surface area contributed by atoms with Gasteiger partial charge in [-0.05, 0) is 17.9 Å². The molecule has 3 unspecified atom stereocenters. The van der Waals surface area contributed by atoms with Gasteiger partial charge in [-0.25, -0.2) is 4.79 Å². The van der Waals surface area contributed by atoms with Crippen LogP contribution in [0.3, 0.4) is 0 Å². The molecule has 2 rings (SSSR count). The first-order valence-corrected chi connectivity index (χ1v) is 6.36. The molecule has 1 fully saturated rings. The van der Waals surface area contributed by atoms with Gasteiger partial charge in [0.15, 0.2) is 0 Å². The summed E-state index contributed by atoms with van der Waals surface area (Å²) in [5, 5.41) is 9.22. The van der Waals surface area contributed by atoms with Gasteiger partial charge in [0.25, 0.3) is 0 Å². The predicted octanol–water partition coefficient (Wildman–Crippen LogP) is 1.01. The monoisotopic (exact) mass is 262 g/mol. The Morgan fingerprint density at radius 1 is 1.37 bits per heavy atom. The predicted molar refractivity (Wildman–Crippen MR) is 70.3 cm³/mol. The molecule has 3 N–H and O–H groups in total. The fourth-order valence-corrected chi connectivity index (χ4v) is 2.55. The molecule has 5 nitrogen and oxygen atoms in total. The SMILES string of the molecule is CC1CCN(C(=O)C(N)c2ccccc2)C1C(=O)O. The number of aliphatic carboxylic acids is 1. The van der Waals surface area contributed by atoms with E-state index >= 15 is 0 Å². The van der Waals surface area contributed by atoms with Crippen LogP contribution >= 0.6 is 0 Å². The van der Waals surface area contributed by atoms with Crippen molar-refractivity contribution in [3.63, 3.8) is 0 Å². The van der Waals surface area contributed by atoms with Crippen LogP contribution in [0.15, 0.2) is 30.3 Å². The number of hydrogen-bond acceptors (Lipinski definition) is 3. The zero-order valence-corrected chi connectivity index (χ0v) is 10.8. The van der Waals surface area contributed by atoms with E-state index in [1.54, 1.807) is 12.1 Å². The molecule has 1 aliphatic rings. The van der Waals surface area contributed by atoms with Crippen molar-refractivity contribution in [2.45, 2.75) is 25.4 Å². The summed E-state index contributed by atoms with van der Waals surface area (Å²) in [6.45, 7) is 2.30. The summed E-state index contributed by atoms with van der Waals surface area (Å²) < 4.78 is 0. The molecule has 0 spiro atoms. The Labute approximate surface area is 112 Å². The maximum atomic E-state index is 12.3. The van der Waals surface area contributed by atoms with Crippen molar-refractivity contribution in [3.8, 4) is 0 Å². The molecule has 0 aromatic heterocycles. The zero-order chi connectivity index (χ0) is 14.0. The number of benzene rings is 1. The van der Waals surface area contributed by atoms with Crippen molar-refractivity contribution in [1.82, 2.24) is 4.90 Å². The third-order valence-electron chi connectivity index (χ3n) is 3.66. The topological polar surface area (TPSA) is 83.6 Å². The number of carboxylic acid groups (broad SMARTS) is 1. The smallest absolute Gasteiger partial charge is 0.326 e. The minimum Gasteiger partial charge on any atom is -0.480 e. The van der Waals surface area contributed by atoms with E-state index in [4.69, 9.17) is 5.73 Å². The molecule has 1 heterocycles. The highest BCUT2D eigenvalue weighted by Crippen LogP contribution is 2.27. The van der Waals surface area contributed by atoms with Crippen LogP contribution < -0.4 is 5.73 Å². The molecule has 19 heavy (non-hydrogen) atoms. The van der Waals surface area contributed by atoms with E-state index in [1.807, 2.05) is 25.1 Å². The fourth-order valence-electron chi connectivity index (χ4n) is 2.55. The molecule has 1 aromatic rings. The molecule has 1 aromatic carbocycles. The molecule has 0 radical (unpaired) electrons. The molecule has 0 saturated carbocycles. The Kier molecular flexibility index (Phi) is 3.85. The van der Waals surface area contributed by atoms with Gasteiger partial charge in [0.2, 0.25) is 5.91 Å². The molecule has 0 aliphatic carbocycles. The van der Waals surface area contributed by atoms with Gasteiger partial charge in [-0.1, -0.05) is 37.3 Å². The van der Waals surface area contributed by atoms with Crippen molar-refractivity contribution >= 4 is 11.9 Å². The highest BCUT2D eigenvalue weighted by atomic mass is 16.4. The highest BCUT2D eigenvalue weighted by molar-refractivity contribution is 5.88. The molecule has 1 saturated heterocycles. The van der Waals surface area contributed by atoms with Crippen LogP contribution in [0.4, 0.5) is 0 Å². The second-order valence-electron chi connectivity index (χ2n) is 4.97. The summed E-state index contributed by atoms with van der Waals surface area (Å²) in [5.41, 5.74) is 6.65. The fraction of sp³-hybridized carbons (Fsp3) is 0.429. The summed E-state index contributed by atoms with van der Waals surface area (Å²) in [6, 6.07) is 7.46. The summed E-state index contributed by atoms with van der Waals surface area (Å²) >= 11 is 0. The summed E-state index contributed by atoms with van der Waals surface area (Å²) in [5.74, 6) is -1.31. The standard InChI is InChI=1S/C14H18N2O3/c1-9-7-8-16(12(9)14(18)19)13(17)11(15)10-5-3-2-4-6-10/h2-6,9,11-12H,7-8,15H2,1H3,(H,18,19). The second-order valence-corrected chi connectivity index (χ2v) is 4.97. The molecule has 102 valence electrons. The van der Waals surface area contributed by atoms with Gasteiger partial charge in [0.05, 0.1) is 0 Å². The number of carbonyl (C=O) groups excluding carboxylic acids is 1. The normalized spacial score (nSPS) is 24.2. The number of carboxylic acids is 1. The summed E-state index contributed by atoms with van der Waals surface area (Å²) in [6.07, 6.45) is 0.699. The van der Waals surface area contributed by atoms with Crippen LogP contribution in [0, 0.1) is 5.92 Å². The Balaban J connectivity index is 2.18. The van der Waals surface area contributed by atoms with Crippen LogP contribution in [-0.2, 0) is 9.59 Å². The quantitative estimate of drug-likeness (QED) is 0.851. The van der Waals surface area contributed by atoms with Gasteiger partial charge in [-0.2, -0.15) is 0 Å². The lowest BCUT2D eigenvalue weighted by molar-refractivity contribution is -0.149. The lowest BCUT2D eigenvalue weighted by atomic mass is 10.0. The molecule has 0 bridgehead atoms. The van der Waals surface area contributed by atoms with E-state index in [9.17, 15) is 14.7 Å². The average Bonchev–Trinajstić information content (AvgIpc) is 2.80. The zero-order valence-electron chi connectivity index (χ0n) is 10.8. The van der Waals surface area contributed by atoms with Gasteiger partial charge in [0.1, 0.15) is 12.1 Å². The van der Waals surface area contributed by atoms with Gasteiger partial charge in [-0.15, -0.1) is 0 Å². The Hall–Kier alpha value is -1.88. The van der Waals surface area contributed by atoms with E-state index in [2.05, 4.69) is 0 Å². The highest BCUT2D eigenvalue weighted by Gasteiger charge is 2.41. The van der Waals surface area contributed by atoms with Gasteiger partial charge in [-0.3, -0.25) is 4.79 Å². The first-order chi connectivity index (χ1) is 9.02. The average molecular weight is 262 g/mol. The minimum atomic E-state index is -0.960. The maximum absolute atomic E-state index is 12.3. The van der Waals surface area contributed by atoms with Crippen LogP contribution in [0.1, 0.15) is 24.9 Å². The summed E-state index contributed by atoms with van der Waals surface area (Å²) in [7, 11) is 0. The van der Waals surface area contributed by atoms with E-state index in [1.165, 1.54) is 4.90 Å². The molecule has 1 aliphatic heterocycles.